The van der Waals surface area contributed by atoms with Crippen LogP contribution in [0.25, 0.3) is 0 Å². The van der Waals surface area contributed by atoms with Crippen molar-refractivity contribution in [2.24, 2.45) is 0 Å². The van der Waals surface area contributed by atoms with E-state index >= 15 is 0 Å². The Bertz CT molecular complexity index is 494. The average molecular weight is 266 g/mol. The molecule has 1 saturated carbocycles. The minimum atomic E-state index is -0.695. The lowest BCUT2D eigenvalue weighted by Gasteiger charge is -2.23. The molecule has 0 bridgehead atoms. The Morgan fingerprint density at radius 1 is 1.47 bits per heavy atom. The minimum Gasteiger partial charge on any atom is -0.368 e. The third kappa shape index (κ3) is 3.11. The zero-order chi connectivity index (χ0) is 13.8. The van der Waals surface area contributed by atoms with Gasteiger partial charge in [0.2, 0.25) is 0 Å². The second-order valence-corrected chi connectivity index (χ2v) is 4.49. The van der Waals surface area contributed by atoms with Crippen LogP contribution in [0.15, 0.2) is 6.07 Å². The molecule has 1 fully saturated rings. The summed E-state index contributed by atoms with van der Waals surface area (Å²) in [5.41, 5.74) is 0. The van der Waals surface area contributed by atoms with Crippen molar-refractivity contribution in [1.29, 1.82) is 5.26 Å². The lowest BCUT2D eigenvalue weighted by Crippen LogP contribution is -2.29. The van der Waals surface area contributed by atoms with E-state index in [4.69, 9.17) is 5.26 Å². The van der Waals surface area contributed by atoms with E-state index in [2.05, 4.69) is 10.3 Å². The first-order chi connectivity index (χ1) is 9.17. The summed E-state index contributed by atoms with van der Waals surface area (Å²) in [6, 6.07) is 3.11. The van der Waals surface area contributed by atoms with Crippen molar-refractivity contribution in [2.75, 3.05) is 23.3 Å². The van der Waals surface area contributed by atoms with Crippen molar-refractivity contribution in [1.82, 2.24) is 4.98 Å². The standard InChI is InChI=1S/C13H16F2N4/c1-2-17-12-10(14)8-11(15)13(18-12)19(7-3-6-16)9-4-5-9/h8-9H,2-5,7H2,1H3,(H,17,18). The maximum Gasteiger partial charge on any atom is 0.168 e. The number of anilines is 2. The van der Waals surface area contributed by atoms with Crippen LogP contribution in [0, 0.1) is 23.0 Å². The number of rotatable bonds is 6. The largest absolute Gasteiger partial charge is 0.368 e. The predicted octanol–water partition coefficient (Wildman–Crippen LogP) is 2.67. The summed E-state index contributed by atoms with van der Waals surface area (Å²) >= 11 is 0. The van der Waals surface area contributed by atoms with Crippen LogP contribution in [-0.2, 0) is 0 Å². The molecule has 1 aliphatic carbocycles. The summed E-state index contributed by atoms with van der Waals surface area (Å²) in [4.78, 5) is 5.79. The Balaban J connectivity index is 2.30. The normalized spacial score (nSPS) is 14.0. The van der Waals surface area contributed by atoms with Gasteiger partial charge in [0.1, 0.15) is 0 Å². The van der Waals surface area contributed by atoms with Gasteiger partial charge in [-0.2, -0.15) is 5.26 Å². The molecular weight excluding hydrogens is 250 g/mol. The molecule has 0 aliphatic heterocycles. The molecule has 2 rings (SSSR count). The molecule has 1 heterocycles. The molecule has 6 heteroatoms. The molecule has 1 aromatic heterocycles. The quantitative estimate of drug-likeness (QED) is 0.860. The van der Waals surface area contributed by atoms with Gasteiger partial charge in [-0.3, -0.25) is 0 Å². The number of nitrogens with one attached hydrogen (secondary N) is 1. The molecule has 1 N–H and O–H groups in total. The molecule has 0 aromatic carbocycles. The monoisotopic (exact) mass is 266 g/mol. The second-order valence-electron chi connectivity index (χ2n) is 4.49. The summed E-state index contributed by atoms with van der Waals surface area (Å²) in [7, 11) is 0. The number of pyridine rings is 1. The van der Waals surface area contributed by atoms with Crippen LogP contribution >= 0.6 is 0 Å². The zero-order valence-corrected chi connectivity index (χ0v) is 10.8. The van der Waals surface area contributed by atoms with E-state index in [1.165, 1.54) is 0 Å². The van der Waals surface area contributed by atoms with Gasteiger partial charge < -0.3 is 10.2 Å². The van der Waals surface area contributed by atoms with Gasteiger partial charge in [0, 0.05) is 25.2 Å². The highest BCUT2D eigenvalue weighted by Crippen LogP contribution is 2.33. The van der Waals surface area contributed by atoms with Crippen molar-refractivity contribution in [3.63, 3.8) is 0 Å². The van der Waals surface area contributed by atoms with E-state index in [9.17, 15) is 8.78 Å². The van der Waals surface area contributed by atoms with Crippen LogP contribution in [0.2, 0.25) is 0 Å². The van der Waals surface area contributed by atoms with Crippen LogP contribution < -0.4 is 10.2 Å². The molecule has 1 aromatic rings. The summed E-state index contributed by atoms with van der Waals surface area (Å²) in [6.07, 6.45) is 2.21. The smallest absolute Gasteiger partial charge is 0.168 e. The van der Waals surface area contributed by atoms with Crippen molar-refractivity contribution in [3.05, 3.63) is 17.7 Å². The first-order valence-corrected chi connectivity index (χ1v) is 6.40. The number of aromatic nitrogens is 1. The lowest BCUT2D eigenvalue weighted by molar-refractivity contribution is 0.568. The zero-order valence-electron chi connectivity index (χ0n) is 10.8. The van der Waals surface area contributed by atoms with E-state index in [1.807, 2.05) is 13.0 Å². The van der Waals surface area contributed by atoms with E-state index in [-0.39, 0.29) is 17.7 Å². The fourth-order valence-electron chi connectivity index (χ4n) is 1.97. The highest BCUT2D eigenvalue weighted by Gasteiger charge is 2.32. The third-order valence-electron chi connectivity index (χ3n) is 2.98. The van der Waals surface area contributed by atoms with Crippen LogP contribution in [0.3, 0.4) is 0 Å². The van der Waals surface area contributed by atoms with Gasteiger partial charge in [0.25, 0.3) is 0 Å². The topological polar surface area (TPSA) is 52.0 Å². The Labute approximate surface area is 111 Å². The van der Waals surface area contributed by atoms with E-state index < -0.39 is 11.6 Å². The molecule has 1 aliphatic rings. The van der Waals surface area contributed by atoms with Gasteiger partial charge in [0.15, 0.2) is 23.3 Å². The Hall–Kier alpha value is -1.90. The number of hydrogen-bond acceptors (Lipinski definition) is 4. The van der Waals surface area contributed by atoms with Crippen molar-refractivity contribution >= 4 is 11.6 Å². The van der Waals surface area contributed by atoms with Gasteiger partial charge in [0.05, 0.1) is 12.5 Å². The first kappa shape index (κ1) is 13.5. The Morgan fingerprint density at radius 3 is 2.79 bits per heavy atom. The second kappa shape index (κ2) is 5.83. The Morgan fingerprint density at radius 2 is 2.21 bits per heavy atom. The first-order valence-electron chi connectivity index (χ1n) is 6.40. The maximum atomic E-state index is 13.9. The van der Waals surface area contributed by atoms with Crippen molar-refractivity contribution < 1.29 is 8.78 Å². The fraction of sp³-hybridized carbons (Fsp3) is 0.538. The van der Waals surface area contributed by atoms with Gasteiger partial charge in [-0.25, -0.2) is 13.8 Å². The molecule has 0 amide bonds. The molecule has 0 spiro atoms. The number of nitrogens with zero attached hydrogens (tertiary/aromatic N) is 3. The maximum absolute atomic E-state index is 13.9. The van der Waals surface area contributed by atoms with Gasteiger partial charge in [-0.1, -0.05) is 0 Å². The molecular formula is C13H16F2N4. The van der Waals surface area contributed by atoms with Gasteiger partial charge >= 0.3 is 0 Å². The van der Waals surface area contributed by atoms with Gasteiger partial charge in [-0.15, -0.1) is 0 Å². The SMILES string of the molecule is CCNc1nc(N(CCC#N)C2CC2)c(F)cc1F. The number of hydrogen-bond donors (Lipinski definition) is 1. The molecule has 0 radical (unpaired) electrons. The van der Waals surface area contributed by atoms with E-state index in [1.54, 1.807) is 4.90 Å². The lowest BCUT2D eigenvalue weighted by atomic mass is 10.3. The fourth-order valence-corrected chi connectivity index (χ4v) is 1.97. The highest BCUT2D eigenvalue weighted by molar-refractivity contribution is 5.50. The third-order valence-corrected chi connectivity index (χ3v) is 2.98. The van der Waals surface area contributed by atoms with Gasteiger partial charge in [-0.05, 0) is 19.8 Å². The molecule has 19 heavy (non-hydrogen) atoms. The molecule has 0 saturated heterocycles. The Kier molecular flexibility index (Phi) is 4.15. The van der Waals surface area contributed by atoms with Crippen LogP contribution in [0.5, 0.6) is 0 Å². The van der Waals surface area contributed by atoms with E-state index in [0.29, 0.717) is 19.5 Å². The molecule has 0 atom stereocenters. The number of halogens is 2. The average Bonchev–Trinajstić information content (AvgIpc) is 3.19. The summed E-state index contributed by atoms with van der Waals surface area (Å²) < 4.78 is 27.4. The van der Waals surface area contributed by atoms with Crippen LogP contribution in [-0.4, -0.2) is 24.1 Å². The van der Waals surface area contributed by atoms with Crippen molar-refractivity contribution in [2.45, 2.75) is 32.2 Å². The van der Waals surface area contributed by atoms with Crippen LogP contribution in [0.1, 0.15) is 26.2 Å². The predicted molar refractivity (Wildman–Crippen MR) is 68.9 cm³/mol. The molecule has 102 valence electrons. The summed E-state index contributed by atoms with van der Waals surface area (Å²) in [5.74, 6) is -1.18. The number of nitriles is 1. The van der Waals surface area contributed by atoms with Crippen LogP contribution in [0.4, 0.5) is 20.4 Å². The van der Waals surface area contributed by atoms with Crippen molar-refractivity contribution in [3.8, 4) is 6.07 Å². The minimum absolute atomic E-state index is 0.0570. The summed E-state index contributed by atoms with van der Waals surface area (Å²) in [6.45, 7) is 2.75. The molecule has 0 unspecified atom stereocenters. The highest BCUT2D eigenvalue weighted by atomic mass is 19.1. The van der Waals surface area contributed by atoms with E-state index in [0.717, 1.165) is 18.9 Å². The molecule has 4 nitrogen and oxygen atoms in total. The summed E-state index contributed by atoms with van der Waals surface area (Å²) in [5, 5.41) is 11.4.